The fraction of sp³-hybridized carbons (Fsp3) is 0.238. The smallest absolute Gasteiger partial charge is 0.266 e. The van der Waals surface area contributed by atoms with Crippen molar-refractivity contribution in [3.05, 3.63) is 61.9 Å². The number of hydrogen-bond donors (Lipinski definition) is 0. The summed E-state index contributed by atoms with van der Waals surface area (Å²) >= 11 is 16.4. The Morgan fingerprint density at radius 2 is 2.00 bits per heavy atom. The number of carbonyl (C=O) groups excluding carboxylic acids is 1. The fourth-order valence-electron chi connectivity index (χ4n) is 2.76. The van der Waals surface area contributed by atoms with E-state index in [0.717, 1.165) is 15.6 Å². The van der Waals surface area contributed by atoms with Crippen LogP contribution in [0.1, 0.15) is 25.0 Å². The summed E-state index contributed by atoms with van der Waals surface area (Å²) in [5.41, 5.74) is 1.71. The van der Waals surface area contributed by atoms with Crippen LogP contribution in [0.25, 0.3) is 6.08 Å². The molecule has 0 spiro atoms. The van der Waals surface area contributed by atoms with Gasteiger partial charge in [0.2, 0.25) is 0 Å². The maximum absolute atomic E-state index is 12.5. The highest BCUT2D eigenvalue weighted by molar-refractivity contribution is 9.10. The Labute approximate surface area is 193 Å². The van der Waals surface area contributed by atoms with Crippen molar-refractivity contribution in [3.63, 3.8) is 0 Å². The Morgan fingerprint density at radius 1 is 1.24 bits per heavy atom. The number of thioether (sulfide) groups is 1. The van der Waals surface area contributed by atoms with Gasteiger partial charge in [-0.05, 0) is 59.6 Å². The van der Waals surface area contributed by atoms with Gasteiger partial charge in [-0.25, -0.2) is 0 Å². The molecule has 0 aromatic heterocycles. The molecule has 3 rings (SSSR count). The molecule has 152 valence electrons. The number of ether oxygens (including phenoxy) is 2. The summed E-state index contributed by atoms with van der Waals surface area (Å²) in [4.78, 5) is 14.7. The summed E-state index contributed by atoms with van der Waals surface area (Å²) in [6, 6.07) is 11.3. The van der Waals surface area contributed by atoms with Crippen LogP contribution in [-0.2, 0) is 11.4 Å². The van der Waals surface area contributed by atoms with Gasteiger partial charge in [-0.3, -0.25) is 9.69 Å². The standard InChI is InChI=1S/C21H19BrClNO3S2/c1-3-24-20(25)18(29-21(24)28)11-13-9-15(22)19(17(10-13)26-4-2)27-12-14-7-5-6-8-16(14)23/h5-11H,3-4,12H2,1-2H3/b18-11-. The number of hydrogen-bond acceptors (Lipinski definition) is 5. The number of amides is 1. The van der Waals surface area contributed by atoms with E-state index in [9.17, 15) is 4.79 Å². The van der Waals surface area contributed by atoms with Gasteiger partial charge < -0.3 is 9.47 Å². The van der Waals surface area contributed by atoms with Gasteiger partial charge in [-0.2, -0.15) is 0 Å². The molecule has 0 saturated carbocycles. The lowest BCUT2D eigenvalue weighted by Crippen LogP contribution is -2.27. The zero-order chi connectivity index (χ0) is 21.0. The molecule has 1 fully saturated rings. The van der Waals surface area contributed by atoms with Crippen molar-refractivity contribution in [1.29, 1.82) is 0 Å². The normalized spacial score (nSPS) is 15.3. The largest absolute Gasteiger partial charge is 0.490 e. The van der Waals surface area contributed by atoms with Crippen LogP contribution in [0.4, 0.5) is 0 Å². The lowest BCUT2D eigenvalue weighted by atomic mass is 10.1. The van der Waals surface area contributed by atoms with Crippen molar-refractivity contribution < 1.29 is 14.3 Å². The van der Waals surface area contributed by atoms with E-state index >= 15 is 0 Å². The molecule has 1 aliphatic heterocycles. The quantitative estimate of drug-likeness (QED) is 0.321. The second kappa shape index (κ2) is 9.98. The molecular weight excluding hydrogens is 494 g/mol. The molecule has 2 aromatic rings. The molecule has 4 nitrogen and oxygen atoms in total. The Hall–Kier alpha value is -1.54. The molecule has 0 atom stereocenters. The summed E-state index contributed by atoms with van der Waals surface area (Å²) in [5, 5.41) is 0.649. The Morgan fingerprint density at radius 3 is 2.66 bits per heavy atom. The second-order valence-corrected chi connectivity index (χ2v) is 9.01. The topological polar surface area (TPSA) is 38.8 Å². The van der Waals surface area contributed by atoms with E-state index in [-0.39, 0.29) is 5.91 Å². The third-order valence-corrected chi connectivity index (χ3v) is 6.48. The highest BCUT2D eigenvalue weighted by Gasteiger charge is 2.30. The van der Waals surface area contributed by atoms with E-state index < -0.39 is 0 Å². The minimum absolute atomic E-state index is 0.0735. The van der Waals surface area contributed by atoms with Gasteiger partial charge in [-0.15, -0.1) is 0 Å². The van der Waals surface area contributed by atoms with Crippen molar-refractivity contribution in [2.24, 2.45) is 0 Å². The Kier molecular flexibility index (Phi) is 7.62. The molecule has 0 unspecified atom stereocenters. The maximum Gasteiger partial charge on any atom is 0.266 e. The summed E-state index contributed by atoms with van der Waals surface area (Å²) in [5.74, 6) is 1.10. The van der Waals surface area contributed by atoms with Crippen LogP contribution in [0.2, 0.25) is 5.02 Å². The van der Waals surface area contributed by atoms with Gasteiger partial charge in [0, 0.05) is 17.1 Å². The van der Waals surface area contributed by atoms with Crippen molar-refractivity contribution in [2.45, 2.75) is 20.5 Å². The molecule has 1 saturated heterocycles. The van der Waals surface area contributed by atoms with Crippen LogP contribution in [0.3, 0.4) is 0 Å². The van der Waals surface area contributed by atoms with Gasteiger partial charge in [0.05, 0.1) is 16.0 Å². The first-order valence-electron chi connectivity index (χ1n) is 9.02. The van der Waals surface area contributed by atoms with Crippen LogP contribution >= 0.6 is 51.5 Å². The SMILES string of the molecule is CCOc1cc(/C=C2\SC(=S)N(CC)C2=O)cc(Br)c1OCc1ccccc1Cl. The average Bonchev–Trinajstić information content (AvgIpc) is 2.95. The van der Waals surface area contributed by atoms with E-state index in [1.165, 1.54) is 11.8 Å². The second-order valence-electron chi connectivity index (χ2n) is 6.07. The number of nitrogens with zero attached hydrogens (tertiary/aromatic N) is 1. The van der Waals surface area contributed by atoms with Gasteiger partial charge >= 0.3 is 0 Å². The van der Waals surface area contributed by atoms with E-state index in [2.05, 4.69) is 15.9 Å². The average molecular weight is 513 g/mol. The first kappa shape index (κ1) is 22.2. The molecule has 8 heteroatoms. The highest BCUT2D eigenvalue weighted by Crippen LogP contribution is 2.40. The van der Waals surface area contributed by atoms with E-state index in [0.29, 0.717) is 45.5 Å². The zero-order valence-electron chi connectivity index (χ0n) is 15.9. The van der Waals surface area contributed by atoms with Crippen molar-refractivity contribution >= 4 is 67.8 Å². The van der Waals surface area contributed by atoms with Crippen molar-refractivity contribution in [3.8, 4) is 11.5 Å². The predicted octanol–water partition coefficient (Wildman–Crippen LogP) is 6.30. The number of likely N-dealkylation sites (N-methyl/N-ethyl adjacent to an activating group) is 1. The third-order valence-electron chi connectivity index (χ3n) is 4.15. The number of thiocarbonyl (C=S) groups is 1. The van der Waals surface area contributed by atoms with Gasteiger partial charge in [0.25, 0.3) is 5.91 Å². The van der Waals surface area contributed by atoms with Gasteiger partial charge in [0.1, 0.15) is 10.9 Å². The zero-order valence-corrected chi connectivity index (χ0v) is 19.9. The highest BCUT2D eigenvalue weighted by atomic mass is 79.9. The van der Waals surface area contributed by atoms with E-state index in [4.69, 9.17) is 33.3 Å². The molecule has 0 aliphatic carbocycles. The molecule has 2 aromatic carbocycles. The number of carbonyl (C=O) groups is 1. The molecule has 1 aliphatic rings. The van der Waals surface area contributed by atoms with Crippen LogP contribution in [0.15, 0.2) is 45.8 Å². The van der Waals surface area contributed by atoms with Crippen molar-refractivity contribution in [2.75, 3.05) is 13.2 Å². The molecule has 0 bridgehead atoms. The summed E-state index contributed by atoms with van der Waals surface area (Å²) in [7, 11) is 0. The maximum atomic E-state index is 12.5. The summed E-state index contributed by atoms with van der Waals surface area (Å²) < 4.78 is 13.1. The first-order valence-corrected chi connectivity index (χ1v) is 11.4. The monoisotopic (exact) mass is 511 g/mol. The molecule has 29 heavy (non-hydrogen) atoms. The lowest BCUT2D eigenvalue weighted by Gasteiger charge is -2.15. The molecule has 0 radical (unpaired) electrons. The van der Waals surface area contributed by atoms with Crippen LogP contribution < -0.4 is 9.47 Å². The third kappa shape index (κ3) is 5.15. The number of benzene rings is 2. The number of rotatable bonds is 7. The Bertz CT molecular complexity index is 980. The molecule has 1 heterocycles. The fourth-order valence-corrected chi connectivity index (χ4v) is 4.91. The predicted molar refractivity (Wildman–Crippen MR) is 127 cm³/mol. The Balaban J connectivity index is 1.89. The van der Waals surface area contributed by atoms with Crippen molar-refractivity contribution in [1.82, 2.24) is 4.90 Å². The minimum Gasteiger partial charge on any atom is -0.490 e. The van der Waals surface area contributed by atoms with Crippen LogP contribution in [0, 0.1) is 0 Å². The number of halogens is 2. The van der Waals surface area contributed by atoms with Crippen LogP contribution in [-0.4, -0.2) is 28.3 Å². The summed E-state index contributed by atoms with van der Waals surface area (Å²) in [6.07, 6.45) is 1.82. The lowest BCUT2D eigenvalue weighted by molar-refractivity contribution is -0.121. The van der Waals surface area contributed by atoms with E-state index in [1.54, 1.807) is 4.90 Å². The summed E-state index contributed by atoms with van der Waals surface area (Å²) in [6.45, 7) is 5.17. The molecule has 0 N–H and O–H groups in total. The molecular formula is C21H19BrClNO3S2. The molecule has 1 amide bonds. The van der Waals surface area contributed by atoms with E-state index in [1.807, 2.05) is 56.3 Å². The minimum atomic E-state index is -0.0735. The first-order chi connectivity index (χ1) is 13.9. The van der Waals surface area contributed by atoms with Gasteiger partial charge in [-0.1, -0.05) is 53.8 Å². The van der Waals surface area contributed by atoms with Gasteiger partial charge in [0.15, 0.2) is 11.5 Å². The van der Waals surface area contributed by atoms with Crippen LogP contribution in [0.5, 0.6) is 11.5 Å².